The standard InChI is InChI=1S/C23H23N3O4S/c1-17(19-10-9-18-5-2-3-6-20(18)15-19)24-25-23(27)21-7-4-8-22(16-21)31(28,29)26-11-13-30-14-12-26/h2-10,15-16H,11-14H2,1H3,(H,25,27)/b24-17-. The molecule has 0 atom stereocenters. The van der Waals surface area contributed by atoms with Crippen LogP contribution < -0.4 is 5.43 Å². The molecule has 160 valence electrons. The predicted molar refractivity (Wildman–Crippen MR) is 120 cm³/mol. The van der Waals surface area contributed by atoms with Gasteiger partial charge in [0.2, 0.25) is 10.0 Å². The number of rotatable bonds is 5. The van der Waals surface area contributed by atoms with Crippen molar-refractivity contribution >= 4 is 32.4 Å². The number of nitrogens with zero attached hydrogens (tertiary/aromatic N) is 2. The first-order valence-electron chi connectivity index (χ1n) is 9.97. The third-order valence-electron chi connectivity index (χ3n) is 5.20. The number of fused-ring (bicyclic) bond motifs is 1. The van der Waals surface area contributed by atoms with Crippen molar-refractivity contribution in [1.29, 1.82) is 0 Å². The van der Waals surface area contributed by atoms with E-state index in [0.29, 0.717) is 32.0 Å². The molecule has 1 aliphatic heterocycles. The van der Waals surface area contributed by atoms with Gasteiger partial charge in [0.05, 0.1) is 23.8 Å². The number of hydrogen-bond donors (Lipinski definition) is 1. The molecule has 0 aromatic heterocycles. The van der Waals surface area contributed by atoms with E-state index in [4.69, 9.17) is 4.74 Å². The summed E-state index contributed by atoms with van der Waals surface area (Å²) in [4.78, 5) is 12.7. The molecule has 0 radical (unpaired) electrons. The lowest BCUT2D eigenvalue weighted by Gasteiger charge is -2.26. The maximum absolute atomic E-state index is 12.8. The summed E-state index contributed by atoms with van der Waals surface area (Å²) in [6.45, 7) is 3.13. The van der Waals surface area contributed by atoms with Gasteiger partial charge in [-0.05, 0) is 47.5 Å². The number of carbonyl (C=O) groups excluding carboxylic acids is 1. The van der Waals surface area contributed by atoms with E-state index >= 15 is 0 Å². The Morgan fingerprint density at radius 3 is 2.45 bits per heavy atom. The van der Waals surface area contributed by atoms with E-state index in [1.54, 1.807) is 12.1 Å². The first-order valence-corrected chi connectivity index (χ1v) is 11.4. The molecule has 0 bridgehead atoms. The molecule has 7 nitrogen and oxygen atoms in total. The van der Waals surface area contributed by atoms with Crippen LogP contribution in [0.15, 0.2) is 76.7 Å². The molecular weight excluding hydrogens is 414 g/mol. The average Bonchev–Trinajstić information content (AvgIpc) is 2.82. The van der Waals surface area contributed by atoms with Crippen LogP contribution in [0.4, 0.5) is 0 Å². The van der Waals surface area contributed by atoms with Gasteiger partial charge in [-0.2, -0.15) is 9.41 Å². The van der Waals surface area contributed by atoms with Crippen molar-refractivity contribution in [2.24, 2.45) is 5.10 Å². The Hall–Kier alpha value is -3.07. The normalized spacial score (nSPS) is 15.7. The average molecular weight is 438 g/mol. The van der Waals surface area contributed by atoms with Gasteiger partial charge in [0.1, 0.15) is 0 Å². The van der Waals surface area contributed by atoms with Crippen molar-refractivity contribution in [1.82, 2.24) is 9.73 Å². The lowest BCUT2D eigenvalue weighted by molar-refractivity contribution is 0.0730. The molecule has 1 heterocycles. The largest absolute Gasteiger partial charge is 0.379 e. The van der Waals surface area contributed by atoms with Gasteiger partial charge >= 0.3 is 0 Å². The Balaban J connectivity index is 1.51. The van der Waals surface area contributed by atoms with Crippen molar-refractivity contribution in [3.05, 3.63) is 77.9 Å². The number of amides is 1. The van der Waals surface area contributed by atoms with Crippen molar-refractivity contribution in [2.75, 3.05) is 26.3 Å². The summed E-state index contributed by atoms with van der Waals surface area (Å²) in [5.74, 6) is -0.473. The summed E-state index contributed by atoms with van der Waals surface area (Å²) in [7, 11) is -3.68. The number of morpholine rings is 1. The van der Waals surface area contributed by atoms with Crippen molar-refractivity contribution in [2.45, 2.75) is 11.8 Å². The Labute approximate surface area is 181 Å². The summed E-state index contributed by atoms with van der Waals surface area (Å²) < 4.78 is 32.3. The number of carbonyl (C=O) groups is 1. The zero-order chi connectivity index (χ0) is 21.8. The Bertz CT molecular complexity index is 1250. The minimum absolute atomic E-state index is 0.0808. The molecule has 1 N–H and O–H groups in total. The SMILES string of the molecule is C/C(=N/NC(=O)c1cccc(S(=O)(=O)N2CCOCC2)c1)c1ccc2ccccc2c1. The van der Waals surface area contributed by atoms with Gasteiger partial charge in [-0.15, -0.1) is 0 Å². The van der Waals surface area contributed by atoms with Crippen LogP contribution in [0.1, 0.15) is 22.8 Å². The van der Waals surface area contributed by atoms with Crippen LogP contribution in [0.25, 0.3) is 10.8 Å². The Kier molecular flexibility index (Phi) is 6.13. The number of benzene rings is 3. The monoisotopic (exact) mass is 437 g/mol. The zero-order valence-corrected chi connectivity index (χ0v) is 17.9. The van der Waals surface area contributed by atoms with Crippen LogP contribution >= 0.6 is 0 Å². The molecule has 0 saturated carbocycles. The van der Waals surface area contributed by atoms with Gasteiger partial charge in [-0.25, -0.2) is 13.8 Å². The molecule has 3 aromatic carbocycles. The van der Waals surface area contributed by atoms with Gasteiger partial charge < -0.3 is 4.74 Å². The number of ether oxygens (including phenoxy) is 1. The maximum Gasteiger partial charge on any atom is 0.271 e. The van der Waals surface area contributed by atoms with Crippen LogP contribution in [0, 0.1) is 0 Å². The first kappa shape index (κ1) is 21.2. The summed E-state index contributed by atoms with van der Waals surface area (Å²) in [5.41, 5.74) is 4.29. The molecule has 1 saturated heterocycles. The highest BCUT2D eigenvalue weighted by Gasteiger charge is 2.26. The highest BCUT2D eigenvalue weighted by Crippen LogP contribution is 2.19. The molecule has 1 amide bonds. The second kappa shape index (κ2) is 8.97. The smallest absolute Gasteiger partial charge is 0.271 e. The van der Waals surface area contributed by atoms with E-state index in [0.717, 1.165) is 16.3 Å². The van der Waals surface area contributed by atoms with E-state index in [2.05, 4.69) is 10.5 Å². The van der Waals surface area contributed by atoms with Gasteiger partial charge in [0.25, 0.3) is 5.91 Å². The van der Waals surface area contributed by atoms with Crippen LogP contribution in [0.2, 0.25) is 0 Å². The molecule has 1 aliphatic rings. The third kappa shape index (κ3) is 4.66. The van der Waals surface area contributed by atoms with E-state index in [1.807, 2.05) is 49.4 Å². The fourth-order valence-corrected chi connectivity index (χ4v) is 4.87. The number of hydrogen-bond acceptors (Lipinski definition) is 5. The maximum atomic E-state index is 12.8. The second-order valence-corrected chi connectivity index (χ2v) is 9.18. The van der Waals surface area contributed by atoms with E-state index in [9.17, 15) is 13.2 Å². The molecule has 31 heavy (non-hydrogen) atoms. The van der Waals surface area contributed by atoms with Crippen LogP contribution in [-0.2, 0) is 14.8 Å². The third-order valence-corrected chi connectivity index (χ3v) is 7.09. The molecule has 8 heteroatoms. The fraction of sp³-hybridized carbons (Fsp3) is 0.217. The number of nitrogens with one attached hydrogen (secondary N) is 1. The number of sulfonamides is 1. The van der Waals surface area contributed by atoms with Crippen molar-refractivity contribution in [3.8, 4) is 0 Å². The molecule has 3 aromatic rings. The van der Waals surface area contributed by atoms with Crippen LogP contribution in [-0.4, -0.2) is 50.6 Å². The first-order chi connectivity index (χ1) is 14.9. The zero-order valence-electron chi connectivity index (χ0n) is 17.1. The number of hydrazone groups is 1. The van der Waals surface area contributed by atoms with E-state index in [1.165, 1.54) is 16.4 Å². The van der Waals surface area contributed by atoms with Gasteiger partial charge in [-0.3, -0.25) is 4.79 Å². The fourth-order valence-electron chi connectivity index (χ4n) is 3.41. The highest BCUT2D eigenvalue weighted by molar-refractivity contribution is 7.89. The van der Waals surface area contributed by atoms with Crippen molar-refractivity contribution in [3.63, 3.8) is 0 Å². The summed E-state index contributed by atoms with van der Waals surface area (Å²) in [6.07, 6.45) is 0. The lowest BCUT2D eigenvalue weighted by atomic mass is 10.0. The molecule has 0 aliphatic carbocycles. The Morgan fingerprint density at radius 2 is 1.68 bits per heavy atom. The second-order valence-electron chi connectivity index (χ2n) is 7.24. The minimum Gasteiger partial charge on any atom is -0.379 e. The molecule has 0 unspecified atom stereocenters. The molecule has 4 rings (SSSR count). The summed E-state index contributed by atoms with van der Waals surface area (Å²) in [5, 5.41) is 6.41. The topological polar surface area (TPSA) is 88.1 Å². The van der Waals surface area contributed by atoms with Crippen molar-refractivity contribution < 1.29 is 17.9 Å². The molecular formula is C23H23N3O4S. The Morgan fingerprint density at radius 1 is 0.935 bits per heavy atom. The summed E-state index contributed by atoms with van der Waals surface area (Å²) >= 11 is 0. The predicted octanol–water partition coefficient (Wildman–Crippen LogP) is 3.01. The van der Waals surface area contributed by atoms with E-state index in [-0.39, 0.29) is 10.5 Å². The molecule has 1 fully saturated rings. The molecule has 0 spiro atoms. The lowest BCUT2D eigenvalue weighted by Crippen LogP contribution is -2.40. The highest BCUT2D eigenvalue weighted by atomic mass is 32.2. The minimum atomic E-state index is -3.68. The van der Waals surface area contributed by atoms with Gasteiger partial charge in [-0.1, -0.05) is 42.5 Å². The van der Waals surface area contributed by atoms with E-state index < -0.39 is 15.9 Å². The summed E-state index contributed by atoms with van der Waals surface area (Å²) in [6, 6.07) is 20.0. The van der Waals surface area contributed by atoms with Gasteiger partial charge in [0.15, 0.2) is 0 Å². The van der Waals surface area contributed by atoms with Gasteiger partial charge in [0, 0.05) is 18.7 Å². The van der Waals surface area contributed by atoms with Crippen LogP contribution in [0.3, 0.4) is 0 Å². The quantitative estimate of drug-likeness (QED) is 0.491. The van der Waals surface area contributed by atoms with Crippen LogP contribution in [0.5, 0.6) is 0 Å².